The number of fused-ring (bicyclic) bond motifs is 1. The second kappa shape index (κ2) is 4.82. The van der Waals surface area contributed by atoms with Crippen molar-refractivity contribution in [2.45, 2.75) is 32.8 Å². The lowest BCUT2D eigenvalue weighted by Crippen LogP contribution is -2.24. The zero-order valence-corrected chi connectivity index (χ0v) is 12.4. The summed E-state index contributed by atoms with van der Waals surface area (Å²) in [6.45, 7) is 6.07. The number of rotatable bonds is 2. The summed E-state index contributed by atoms with van der Waals surface area (Å²) < 4.78 is 11.9. The molecule has 0 N–H and O–H groups in total. The third-order valence-corrected chi connectivity index (χ3v) is 3.53. The largest absolute Gasteiger partial charge is 0.483 e. The van der Waals surface area contributed by atoms with Gasteiger partial charge in [-0.3, -0.25) is 0 Å². The monoisotopic (exact) mass is 279 g/mol. The van der Waals surface area contributed by atoms with E-state index in [0.29, 0.717) is 17.1 Å². The van der Waals surface area contributed by atoms with Gasteiger partial charge >= 0.3 is 0 Å². The number of nitrogens with zero attached hydrogens (tertiary/aromatic N) is 1. The van der Waals surface area contributed by atoms with Gasteiger partial charge in [-0.1, -0.05) is 18.2 Å². The molecule has 0 aliphatic carbocycles. The van der Waals surface area contributed by atoms with Crippen molar-refractivity contribution in [3.05, 3.63) is 53.1 Å². The lowest BCUT2D eigenvalue weighted by Gasteiger charge is -2.18. The molecule has 3 rings (SSSR count). The molecule has 106 valence electrons. The van der Waals surface area contributed by atoms with Crippen LogP contribution in [-0.4, -0.2) is 5.60 Å². The van der Waals surface area contributed by atoms with Crippen LogP contribution in [0.1, 0.15) is 30.5 Å². The van der Waals surface area contributed by atoms with E-state index in [-0.39, 0.29) is 5.60 Å². The molecular weight excluding hydrogens is 262 g/mol. The Kier molecular flexibility index (Phi) is 3.10. The zero-order chi connectivity index (χ0) is 15.0. The van der Waals surface area contributed by atoms with Crippen LogP contribution in [-0.2, 0) is 6.42 Å². The van der Waals surface area contributed by atoms with Gasteiger partial charge in [-0.05, 0) is 44.5 Å². The molecule has 0 radical (unpaired) electrons. The molecule has 0 spiro atoms. The maximum Gasteiger partial charge on any atom is 0.169 e. The van der Waals surface area contributed by atoms with Crippen LogP contribution in [0.25, 0.3) is 0 Å². The third kappa shape index (κ3) is 2.57. The fraction of sp³-hybridized carbons (Fsp3) is 0.278. The van der Waals surface area contributed by atoms with Crippen LogP contribution in [0.4, 0.5) is 0 Å². The molecule has 1 aliphatic rings. The van der Waals surface area contributed by atoms with Crippen LogP contribution in [0.15, 0.2) is 36.4 Å². The van der Waals surface area contributed by atoms with Crippen LogP contribution in [0.2, 0.25) is 0 Å². The Hall–Kier alpha value is -2.47. The highest BCUT2D eigenvalue weighted by molar-refractivity contribution is 5.54. The van der Waals surface area contributed by atoms with Gasteiger partial charge in [0.2, 0.25) is 0 Å². The summed E-state index contributed by atoms with van der Waals surface area (Å²) in [6, 6.07) is 13.6. The van der Waals surface area contributed by atoms with Crippen LogP contribution < -0.4 is 9.47 Å². The SMILES string of the molecule is Cc1ccc(Oc2cccc3c2OC(C)(C)C3)c(C#N)c1. The van der Waals surface area contributed by atoms with E-state index in [1.54, 1.807) is 0 Å². The topological polar surface area (TPSA) is 42.2 Å². The first-order chi connectivity index (χ1) is 9.98. The van der Waals surface area contributed by atoms with Crippen LogP contribution in [0.5, 0.6) is 17.2 Å². The highest BCUT2D eigenvalue weighted by atomic mass is 16.5. The molecule has 0 saturated heterocycles. The van der Waals surface area contributed by atoms with Crippen molar-refractivity contribution >= 4 is 0 Å². The van der Waals surface area contributed by atoms with Crippen molar-refractivity contribution in [3.63, 3.8) is 0 Å². The van der Waals surface area contributed by atoms with E-state index in [2.05, 4.69) is 26.0 Å². The average Bonchev–Trinajstić information content (AvgIpc) is 2.75. The molecule has 0 unspecified atom stereocenters. The minimum Gasteiger partial charge on any atom is -0.483 e. The van der Waals surface area contributed by atoms with Crippen molar-refractivity contribution in [1.29, 1.82) is 5.26 Å². The second-order valence-electron chi connectivity index (χ2n) is 6.00. The molecule has 1 aliphatic heterocycles. The van der Waals surface area contributed by atoms with Crippen molar-refractivity contribution in [3.8, 4) is 23.3 Å². The number of hydrogen-bond donors (Lipinski definition) is 0. The van der Waals surface area contributed by atoms with E-state index >= 15 is 0 Å². The first-order valence-corrected chi connectivity index (χ1v) is 6.98. The molecule has 0 amide bonds. The Balaban J connectivity index is 1.98. The minimum atomic E-state index is -0.215. The zero-order valence-electron chi connectivity index (χ0n) is 12.4. The molecule has 0 fully saturated rings. The van der Waals surface area contributed by atoms with Gasteiger partial charge in [0.15, 0.2) is 11.5 Å². The third-order valence-electron chi connectivity index (χ3n) is 3.53. The quantitative estimate of drug-likeness (QED) is 0.819. The molecule has 3 nitrogen and oxygen atoms in total. The standard InChI is InChI=1S/C18H17NO2/c1-12-7-8-15(14(9-12)11-19)20-16-6-4-5-13-10-18(2,3)21-17(13)16/h4-9H,10H2,1-3H3. The molecule has 2 aromatic carbocycles. The average molecular weight is 279 g/mol. The van der Waals surface area contributed by atoms with Crippen LogP contribution in [0.3, 0.4) is 0 Å². The molecule has 1 heterocycles. The van der Waals surface area contributed by atoms with Gasteiger partial charge in [0, 0.05) is 12.0 Å². The molecule has 0 atom stereocenters. The smallest absolute Gasteiger partial charge is 0.169 e. The lowest BCUT2D eigenvalue weighted by molar-refractivity contribution is 0.135. The molecule has 21 heavy (non-hydrogen) atoms. The summed E-state index contributed by atoms with van der Waals surface area (Å²) >= 11 is 0. The summed E-state index contributed by atoms with van der Waals surface area (Å²) in [5.74, 6) is 2.01. The Bertz CT molecular complexity index is 741. The van der Waals surface area contributed by atoms with Crippen molar-refractivity contribution in [2.24, 2.45) is 0 Å². The molecule has 0 aromatic heterocycles. The van der Waals surface area contributed by atoms with Gasteiger partial charge in [0.05, 0.1) is 5.56 Å². The fourth-order valence-corrected chi connectivity index (χ4v) is 2.61. The van der Waals surface area contributed by atoms with E-state index in [1.165, 1.54) is 0 Å². The molecular formula is C18H17NO2. The Morgan fingerprint density at radius 2 is 2.00 bits per heavy atom. The normalized spacial score (nSPS) is 15.0. The Morgan fingerprint density at radius 3 is 2.76 bits per heavy atom. The predicted octanol–water partition coefficient (Wildman–Crippen LogP) is 4.37. The van der Waals surface area contributed by atoms with Crippen LogP contribution >= 0.6 is 0 Å². The first-order valence-electron chi connectivity index (χ1n) is 6.98. The van der Waals surface area contributed by atoms with Gasteiger partial charge in [0.1, 0.15) is 17.4 Å². The highest BCUT2D eigenvalue weighted by Crippen LogP contribution is 2.43. The summed E-state index contributed by atoms with van der Waals surface area (Å²) in [4.78, 5) is 0. The number of benzene rings is 2. The summed E-state index contributed by atoms with van der Waals surface area (Å²) in [5, 5.41) is 9.24. The molecule has 0 saturated carbocycles. The van der Waals surface area contributed by atoms with Gasteiger partial charge < -0.3 is 9.47 Å². The maximum atomic E-state index is 9.24. The minimum absolute atomic E-state index is 0.215. The van der Waals surface area contributed by atoms with E-state index in [0.717, 1.165) is 23.3 Å². The van der Waals surface area contributed by atoms with Gasteiger partial charge in [0.25, 0.3) is 0 Å². The number of nitriles is 1. The number of ether oxygens (including phenoxy) is 2. The van der Waals surface area contributed by atoms with Crippen molar-refractivity contribution in [2.75, 3.05) is 0 Å². The number of hydrogen-bond acceptors (Lipinski definition) is 3. The highest BCUT2D eigenvalue weighted by Gasteiger charge is 2.32. The Morgan fingerprint density at radius 1 is 1.19 bits per heavy atom. The fourth-order valence-electron chi connectivity index (χ4n) is 2.61. The summed E-state index contributed by atoms with van der Waals surface area (Å²) in [7, 11) is 0. The predicted molar refractivity (Wildman–Crippen MR) is 80.8 cm³/mol. The number of aryl methyl sites for hydroxylation is 1. The summed E-state index contributed by atoms with van der Waals surface area (Å²) in [5.41, 5.74) is 2.50. The second-order valence-corrected chi connectivity index (χ2v) is 6.00. The van der Waals surface area contributed by atoms with Gasteiger partial charge in [-0.2, -0.15) is 5.26 Å². The van der Waals surface area contributed by atoms with E-state index in [9.17, 15) is 5.26 Å². The van der Waals surface area contributed by atoms with Gasteiger partial charge in [-0.25, -0.2) is 0 Å². The van der Waals surface area contributed by atoms with Crippen molar-refractivity contribution in [1.82, 2.24) is 0 Å². The van der Waals surface area contributed by atoms with Crippen LogP contribution in [0, 0.1) is 18.3 Å². The van der Waals surface area contributed by atoms with E-state index < -0.39 is 0 Å². The van der Waals surface area contributed by atoms with E-state index in [4.69, 9.17) is 9.47 Å². The molecule has 3 heteroatoms. The number of para-hydroxylation sites is 1. The molecule has 2 aromatic rings. The first kappa shape index (κ1) is 13.5. The Labute approximate surface area is 124 Å². The lowest BCUT2D eigenvalue weighted by atomic mass is 10.0. The van der Waals surface area contributed by atoms with Gasteiger partial charge in [-0.15, -0.1) is 0 Å². The maximum absolute atomic E-state index is 9.24. The summed E-state index contributed by atoms with van der Waals surface area (Å²) in [6.07, 6.45) is 0.860. The van der Waals surface area contributed by atoms with Crippen molar-refractivity contribution < 1.29 is 9.47 Å². The van der Waals surface area contributed by atoms with E-state index in [1.807, 2.05) is 37.3 Å². The molecule has 0 bridgehead atoms.